The molecule has 0 spiro atoms. The lowest BCUT2D eigenvalue weighted by Gasteiger charge is -2.22. The molecule has 3 heterocycles. The Morgan fingerprint density at radius 1 is 1.20 bits per heavy atom. The number of aromatic nitrogens is 3. The van der Waals surface area contributed by atoms with E-state index in [1.165, 1.54) is 25.0 Å². The molecule has 78 valence electrons. The molecule has 0 radical (unpaired) electrons. The molecule has 2 aromatic rings. The molecule has 1 aliphatic heterocycles. The molecule has 4 heteroatoms. The standard InChI is InChI=1S/C11H14N4/c1-2-4-12-8(3-1)9-7-10-11(15-9)14-6-5-13-10/h5-8,12H,1-4H2,(H,14,15). The van der Waals surface area contributed by atoms with E-state index in [2.05, 4.69) is 26.3 Å². The van der Waals surface area contributed by atoms with E-state index in [0.29, 0.717) is 6.04 Å². The van der Waals surface area contributed by atoms with E-state index in [1.807, 2.05) is 0 Å². The summed E-state index contributed by atoms with van der Waals surface area (Å²) >= 11 is 0. The van der Waals surface area contributed by atoms with Crippen LogP contribution in [0.3, 0.4) is 0 Å². The molecule has 4 nitrogen and oxygen atoms in total. The van der Waals surface area contributed by atoms with Gasteiger partial charge in [-0.2, -0.15) is 0 Å². The quantitative estimate of drug-likeness (QED) is 0.741. The third-order valence-electron chi connectivity index (χ3n) is 2.97. The fourth-order valence-corrected chi connectivity index (χ4v) is 2.18. The van der Waals surface area contributed by atoms with Crippen LogP contribution in [0.15, 0.2) is 18.5 Å². The maximum atomic E-state index is 4.28. The van der Waals surface area contributed by atoms with Gasteiger partial charge in [0.05, 0.1) is 0 Å². The van der Waals surface area contributed by atoms with Gasteiger partial charge in [-0.15, -0.1) is 0 Å². The zero-order valence-corrected chi connectivity index (χ0v) is 8.53. The van der Waals surface area contributed by atoms with E-state index in [0.717, 1.165) is 17.7 Å². The molecule has 0 amide bonds. The topological polar surface area (TPSA) is 53.6 Å². The molecular formula is C11H14N4. The van der Waals surface area contributed by atoms with Crippen molar-refractivity contribution in [3.8, 4) is 0 Å². The van der Waals surface area contributed by atoms with Gasteiger partial charge in [-0.3, -0.25) is 4.98 Å². The van der Waals surface area contributed by atoms with Gasteiger partial charge in [0.15, 0.2) is 5.65 Å². The third kappa shape index (κ3) is 1.61. The summed E-state index contributed by atoms with van der Waals surface area (Å²) in [6.45, 7) is 1.11. The number of rotatable bonds is 1. The van der Waals surface area contributed by atoms with Crippen molar-refractivity contribution >= 4 is 11.2 Å². The molecule has 1 atom stereocenters. The number of hydrogen-bond donors (Lipinski definition) is 2. The second-order valence-electron chi connectivity index (χ2n) is 4.02. The Labute approximate surface area is 88.1 Å². The van der Waals surface area contributed by atoms with Gasteiger partial charge in [-0.1, -0.05) is 6.42 Å². The van der Waals surface area contributed by atoms with Crippen LogP contribution in [0.25, 0.3) is 11.2 Å². The largest absolute Gasteiger partial charge is 0.340 e. The second kappa shape index (κ2) is 3.62. The van der Waals surface area contributed by atoms with Gasteiger partial charge in [0.1, 0.15) is 5.52 Å². The molecule has 1 aliphatic rings. The van der Waals surface area contributed by atoms with E-state index in [-0.39, 0.29) is 0 Å². The summed E-state index contributed by atoms with van der Waals surface area (Å²) in [5.41, 5.74) is 3.07. The highest BCUT2D eigenvalue weighted by Crippen LogP contribution is 2.23. The van der Waals surface area contributed by atoms with Gasteiger partial charge >= 0.3 is 0 Å². The second-order valence-corrected chi connectivity index (χ2v) is 4.02. The van der Waals surface area contributed by atoms with E-state index >= 15 is 0 Å². The van der Waals surface area contributed by atoms with Crippen LogP contribution in [0.5, 0.6) is 0 Å². The Balaban J connectivity index is 1.96. The van der Waals surface area contributed by atoms with Gasteiger partial charge in [-0.05, 0) is 25.5 Å². The Hall–Kier alpha value is -1.42. The molecule has 0 saturated carbocycles. The highest BCUT2D eigenvalue weighted by atomic mass is 15.0. The fraction of sp³-hybridized carbons (Fsp3) is 0.455. The minimum atomic E-state index is 0.453. The molecular weight excluding hydrogens is 188 g/mol. The van der Waals surface area contributed by atoms with Crippen LogP contribution in [0.4, 0.5) is 0 Å². The summed E-state index contributed by atoms with van der Waals surface area (Å²) < 4.78 is 0. The first kappa shape index (κ1) is 8.85. The normalized spacial score (nSPS) is 22.0. The molecule has 15 heavy (non-hydrogen) atoms. The van der Waals surface area contributed by atoms with Crippen molar-refractivity contribution in [3.63, 3.8) is 0 Å². The number of nitrogens with zero attached hydrogens (tertiary/aromatic N) is 2. The number of nitrogens with one attached hydrogen (secondary N) is 2. The third-order valence-corrected chi connectivity index (χ3v) is 2.97. The lowest BCUT2D eigenvalue weighted by atomic mass is 10.0. The molecule has 0 bridgehead atoms. The minimum Gasteiger partial charge on any atom is -0.340 e. The zero-order chi connectivity index (χ0) is 10.1. The van der Waals surface area contributed by atoms with Crippen LogP contribution in [0.1, 0.15) is 31.0 Å². The summed E-state index contributed by atoms with van der Waals surface area (Å²) in [5, 5.41) is 3.51. The monoisotopic (exact) mass is 202 g/mol. The fourth-order valence-electron chi connectivity index (χ4n) is 2.18. The lowest BCUT2D eigenvalue weighted by molar-refractivity contribution is 0.407. The van der Waals surface area contributed by atoms with Crippen molar-refractivity contribution < 1.29 is 0 Å². The van der Waals surface area contributed by atoms with Crippen LogP contribution >= 0.6 is 0 Å². The number of hydrogen-bond acceptors (Lipinski definition) is 3. The summed E-state index contributed by atoms with van der Waals surface area (Å²) in [5.74, 6) is 0. The number of H-pyrrole nitrogens is 1. The molecule has 1 fully saturated rings. The van der Waals surface area contributed by atoms with Crippen molar-refractivity contribution in [2.75, 3.05) is 6.54 Å². The smallest absolute Gasteiger partial charge is 0.156 e. The molecule has 0 aromatic carbocycles. The van der Waals surface area contributed by atoms with Gasteiger partial charge in [0, 0.05) is 24.1 Å². The molecule has 1 unspecified atom stereocenters. The molecule has 1 saturated heterocycles. The summed E-state index contributed by atoms with van der Waals surface area (Å²) in [4.78, 5) is 11.9. The molecule has 3 rings (SSSR count). The maximum Gasteiger partial charge on any atom is 0.156 e. The Morgan fingerprint density at radius 3 is 2.93 bits per heavy atom. The lowest BCUT2D eigenvalue weighted by Crippen LogP contribution is -2.26. The highest BCUT2D eigenvalue weighted by molar-refractivity contribution is 5.71. The Kier molecular flexibility index (Phi) is 2.14. The zero-order valence-electron chi connectivity index (χ0n) is 8.53. The van der Waals surface area contributed by atoms with Gasteiger partial charge in [-0.25, -0.2) is 4.98 Å². The summed E-state index contributed by atoms with van der Waals surface area (Å²) in [6.07, 6.45) is 7.24. The first-order valence-electron chi connectivity index (χ1n) is 5.46. The number of aromatic amines is 1. The van der Waals surface area contributed by atoms with Crippen molar-refractivity contribution in [1.82, 2.24) is 20.3 Å². The number of piperidine rings is 1. The predicted molar refractivity (Wildman–Crippen MR) is 58.5 cm³/mol. The van der Waals surface area contributed by atoms with Gasteiger partial charge in [0.25, 0.3) is 0 Å². The van der Waals surface area contributed by atoms with Gasteiger partial charge < -0.3 is 10.3 Å². The minimum absolute atomic E-state index is 0.453. The van der Waals surface area contributed by atoms with Crippen molar-refractivity contribution in [2.24, 2.45) is 0 Å². The van der Waals surface area contributed by atoms with E-state index in [1.54, 1.807) is 12.4 Å². The van der Waals surface area contributed by atoms with Crippen LogP contribution in [0.2, 0.25) is 0 Å². The van der Waals surface area contributed by atoms with Crippen LogP contribution < -0.4 is 5.32 Å². The van der Waals surface area contributed by atoms with Gasteiger partial charge in [0.2, 0.25) is 0 Å². The first-order valence-corrected chi connectivity index (χ1v) is 5.46. The van der Waals surface area contributed by atoms with Crippen LogP contribution in [0, 0.1) is 0 Å². The Bertz CT molecular complexity index is 423. The van der Waals surface area contributed by atoms with E-state index < -0.39 is 0 Å². The molecule has 2 N–H and O–H groups in total. The summed E-state index contributed by atoms with van der Waals surface area (Å²) in [7, 11) is 0. The average Bonchev–Trinajstić information content (AvgIpc) is 2.74. The maximum absolute atomic E-state index is 4.28. The van der Waals surface area contributed by atoms with Crippen molar-refractivity contribution in [3.05, 3.63) is 24.2 Å². The van der Waals surface area contributed by atoms with E-state index in [4.69, 9.17) is 0 Å². The van der Waals surface area contributed by atoms with Crippen molar-refractivity contribution in [2.45, 2.75) is 25.3 Å². The average molecular weight is 202 g/mol. The number of fused-ring (bicyclic) bond motifs is 1. The predicted octanol–water partition coefficient (Wildman–Crippen LogP) is 1.77. The van der Waals surface area contributed by atoms with Crippen LogP contribution in [-0.4, -0.2) is 21.5 Å². The highest BCUT2D eigenvalue weighted by Gasteiger charge is 2.16. The first-order chi connectivity index (χ1) is 7.43. The molecule has 2 aromatic heterocycles. The van der Waals surface area contributed by atoms with E-state index in [9.17, 15) is 0 Å². The summed E-state index contributed by atoms with van der Waals surface area (Å²) in [6, 6.07) is 2.56. The Morgan fingerprint density at radius 2 is 2.13 bits per heavy atom. The van der Waals surface area contributed by atoms with Crippen molar-refractivity contribution in [1.29, 1.82) is 0 Å². The van der Waals surface area contributed by atoms with Crippen LogP contribution in [-0.2, 0) is 0 Å². The SMILES string of the molecule is c1cnc2[nH]c(C3CCCCN3)cc2n1. The molecule has 0 aliphatic carbocycles.